The van der Waals surface area contributed by atoms with E-state index in [2.05, 4.69) is 36.1 Å². The zero-order valence-electron chi connectivity index (χ0n) is 9.60. The number of benzene rings is 1. The Morgan fingerprint density at radius 2 is 1.81 bits per heavy atom. The van der Waals surface area contributed by atoms with E-state index in [1.165, 1.54) is 5.56 Å². The van der Waals surface area contributed by atoms with Crippen molar-refractivity contribution in [1.29, 1.82) is 0 Å². The molecule has 0 aliphatic heterocycles. The summed E-state index contributed by atoms with van der Waals surface area (Å²) < 4.78 is 24.2. The molecule has 1 aromatic rings. The lowest BCUT2D eigenvalue weighted by Gasteiger charge is -2.19. The summed E-state index contributed by atoms with van der Waals surface area (Å²) in [4.78, 5) is 0. The van der Waals surface area contributed by atoms with Crippen LogP contribution in [0.3, 0.4) is 0 Å². The van der Waals surface area contributed by atoms with Crippen LogP contribution in [0.1, 0.15) is 31.9 Å². The molecule has 1 aromatic carbocycles. The second-order valence-corrected chi connectivity index (χ2v) is 6.99. The normalized spacial score (nSPS) is 15.8. The Balaban J connectivity index is 2.73. The summed E-state index contributed by atoms with van der Waals surface area (Å²) in [5.74, 6) is 0. The monoisotopic (exact) mass is 260 g/mol. The molecule has 3 nitrogen and oxygen atoms in total. The van der Waals surface area contributed by atoms with Gasteiger partial charge in [0.05, 0.1) is 6.61 Å². The second-order valence-electron chi connectivity index (χ2n) is 4.64. The van der Waals surface area contributed by atoms with Gasteiger partial charge in [0.2, 0.25) is 0 Å². The van der Waals surface area contributed by atoms with Gasteiger partial charge in [-0.15, -0.1) is 0 Å². The van der Waals surface area contributed by atoms with Gasteiger partial charge in [-0.2, -0.15) is 4.21 Å². The molecular weight excluding hydrogens is 244 g/mol. The lowest BCUT2D eigenvalue weighted by molar-refractivity contribution is 0.294. The van der Waals surface area contributed by atoms with E-state index in [4.69, 9.17) is 4.55 Å². The molecule has 0 bridgehead atoms. The molecule has 0 saturated carbocycles. The van der Waals surface area contributed by atoms with Gasteiger partial charge in [0, 0.05) is 11.2 Å². The van der Waals surface area contributed by atoms with Gasteiger partial charge < -0.3 is 0 Å². The predicted octanol–water partition coefficient (Wildman–Crippen LogP) is 2.64. The van der Waals surface area contributed by atoms with Gasteiger partial charge in [-0.1, -0.05) is 45.0 Å². The summed E-state index contributed by atoms with van der Waals surface area (Å²) in [6.45, 7) is 6.44. The molecule has 0 spiro atoms. The third-order valence-electron chi connectivity index (χ3n) is 2.19. The molecule has 1 unspecified atom stereocenters. The highest BCUT2D eigenvalue weighted by atomic mass is 32.9. The van der Waals surface area contributed by atoms with E-state index in [1.807, 2.05) is 24.3 Å². The van der Waals surface area contributed by atoms with Crippen molar-refractivity contribution in [3.63, 3.8) is 0 Å². The maximum atomic E-state index is 10.7. The van der Waals surface area contributed by atoms with Crippen LogP contribution in [0, 0.1) is 0 Å². The molecule has 0 heterocycles. The highest BCUT2D eigenvalue weighted by Crippen LogP contribution is 2.22. The van der Waals surface area contributed by atoms with Gasteiger partial charge in [-0.05, 0) is 16.5 Å². The average molecular weight is 260 g/mol. The van der Waals surface area contributed by atoms with Gasteiger partial charge in [0.15, 0.2) is 0 Å². The quantitative estimate of drug-likeness (QED) is 0.907. The van der Waals surface area contributed by atoms with Gasteiger partial charge >= 0.3 is 0 Å². The first-order valence-electron chi connectivity index (χ1n) is 4.90. The first-order valence-corrected chi connectivity index (χ1v) is 7.26. The number of rotatable bonds is 3. The van der Waals surface area contributed by atoms with E-state index in [1.54, 1.807) is 0 Å². The molecule has 90 valence electrons. The SMILES string of the molecule is CC(C)(C)c1ccc(COS(=O)(O)=S)cc1. The topological polar surface area (TPSA) is 46.5 Å². The first kappa shape index (κ1) is 13.6. The predicted molar refractivity (Wildman–Crippen MR) is 68.1 cm³/mol. The molecule has 16 heavy (non-hydrogen) atoms. The van der Waals surface area contributed by atoms with Gasteiger partial charge in [-0.25, -0.2) is 0 Å². The smallest absolute Gasteiger partial charge is 0.266 e. The van der Waals surface area contributed by atoms with Crippen molar-refractivity contribution in [3.05, 3.63) is 35.4 Å². The Morgan fingerprint density at radius 3 is 2.19 bits per heavy atom. The van der Waals surface area contributed by atoms with Crippen molar-refractivity contribution in [3.8, 4) is 0 Å². The lowest BCUT2D eigenvalue weighted by atomic mass is 9.87. The van der Waals surface area contributed by atoms with Crippen molar-refractivity contribution in [1.82, 2.24) is 0 Å². The average Bonchev–Trinajstić information content (AvgIpc) is 2.13. The minimum atomic E-state index is -3.53. The van der Waals surface area contributed by atoms with Crippen molar-refractivity contribution >= 4 is 20.2 Å². The molecule has 0 amide bonds. The maximum Gasteiger partial charge on any atom is 0.266 e. The van der Waals surface area contributed by atoms with Crippen LogP contribution in [0.2, 0.25) is 0 Å². The zero-order chi connectivity index (χ0) is 12.4. The zero-order valence-corrected chi connectivity index (χ0v) is 11.2. The molecule has 0 radical (unpaired) electrons. The highest BCUT2D eigenvalue weighted by Gasteiger charge is 2.12. The van der Waals surface area contributed by atoms with Crippen molar-refractivity contribution in [2.75, 3.05) is 0 Å². The molecule has 1 atom stereocenters. The van der Waals surface area contributed by atoms with Gasteiger partial charge in [0.1, 0.15) is 0 Å². The second kappa shape index (κ2) is 4.79. The van der Waals surface area contributed by atoms with Gasteiger partial charge in [-0.3, -0.25) is 8.74 Å². The van der Waals surface area contributed by atoms with E-state index < -0.39 is 9.05 Å². The van der Waals surface area contributed by atoms with Crippen molar-refractivity contribution in [2.45, 2.75) is 32.8 Å². The summed E-state index contributed by atoms with van der Waals surface area (Å²) in [7, 11) is -3.53. The summed E-state index contributed by atoms with van der Waals surface area (Å²) >= 11 is 4.23. The molecular formula is C11H16O3S2. The fourth-order valence-electron chi connectivity index (χ4n) is 1.24. The molecule has 0 aliphatic carbocycles. The third-order valence-corrected chi connectivity index (χ3v) is 2.90. The number of hydrogen-bond donors (Lipinski definition) is 1. The Hall–Kier alpha value is -0.490. The molecule has 0 aromatic heterocycles. The summed E-state index contributed by atoms with van der Waals surface area (Å²) in [6, 6.07) is 7.73. The van der Waals surface area contributed by atoms with Crippen LogP contribution >= 0.6 is 0 Å². The van der Waals surface area contributed by atoms with Gasteiger partial charge in [0.25, 0.3) is 9.05 Å². The van der Waals surface area contributed by atoms with Crippen LogP contribution in [0.15, 0.2) is 24.3 Å². The van der Waals surface area contributed by atoms with Crippen LogP contribution in [-0.2, 0) is 36.4 Å². The largest absolute Gasteiger partial charge is 0.285 e. The molecule has 1 N–H and O–H groups in total. The Labute approximate surface area is 102 Å². The highest BCUT2D eigenvalue weighted by molar-refractivity contribution is 8.27. The van der Waals surface area contributed by atoms with E-state index in [0.717, 1.165) is 5.56 Å². The van der Waals surface area contributed by atoms with E-state index in [0.29, 0.717) is 0 Å². The van der Waals surface area contributed by atoms with Crippen LogP contribution < -0.4 is 0 Å². The Kier molecular flexibility index (Phi) is 4.07. The molecule has 5 heteroatoms. The van der Waals surface area contributed by atoms with E-state index >= 15 is 0 Å². The van der Waals surface area contributed by atoms with Crippen molar-refractivity contribution < 1.29 is 12.9 Å². The first-order chi connectivity index (χ1) is 7.18. The fraction of sp³-hybridized carbons (Fsp3) is 0.455. The molecule has 0 saturated heterocycles. The number of hydrogen-bond acceptors (Lipinski definition) is 3. The molecule has 0 aliphatic rings. The Bertz CT molecular complexity index is 441. The summed E-state index contributed by atoms with van der Waals surface area (Å²) in [5.41, 5.74) is 2.14. The van der Waals surface area contributed by atoms with Crippen LogP contribution in [0.25, 0.3) is 0 Å². The maximum absolute atomic E-state index is 10.7. The Morgan fingerprint density at radius 1 is 1.31 bits per heavy atom. The van der Waals surface area contributed by atoms with Crippen LogP contribution in [0.4, 0.5) is 0 Å². The van der Waals surface area contributed by atoms with Crippen LogP contribution in [-0.4, -0.2) is 8.76 Å². The standard InChI is InChI=1S/C11H16O3S2/c1-11(2,3)10-6-4-9(5-7-10)8-14-16(12,13)15/h4-7H,8H2,1-3H3,(H,12,13,15). The minimum Gasteiger partial charge on any atom is -0.285 e. The van der Waals surface area contributed by atoms with Crippen molar-refractivity contribution in [2.24, 2.45) is 0 Å². The molecule has 0 fully saturated rings. The lowest BCUT2D eigenvalue weighted by Crippen LogP contribution is -2.11. The summed E-state index contributed by atoms with van der Waals surface area (Å²) in [5, 5.41) is 0. The molecule has 1 rings (SSSR count). The fourth-order valence-corrected chi connectivity index (χ4v) is 1.67. The van der Waals surface area contributed by atoms with E-state index in [-0.39, 0.29) is 12.0 Å². The summed E-state index contributed by atoms with van der Waals surface area (Å²) in [6.07, 6.45) is 0. The van der Waals surface area contributed by atoms with E-state index in [9.17, 15) is 4.21 Å². The van der Waals surface area contributed by atoms with Crippen LogP contribution in [0.5, 0.6) is 0 Å². The minimum absolute atomic E-state index is 0.0588. The third kappa shape index (κ3) is 4.57.